The summed E-state index contributed by atoms with van der Waals surface area (Å²) in [6, 6.07) is 18.0. The number of hydrogen-bond donors (Lipinski definition) is 1. The molecule has 0 atom stereocenters. The predicted octanol–water partition coefficient (Wildman–Crippen LogP) is 4.99. The van der Waals surface area contributed by atoms with Crippen molar-refractivity contribution >= 4 is 41.3 Å². The maximum Gasteiger partial charge on any atom is 0.343 e. The number of carbonyl (C=O) groups is 2. The van der Waals surface area contributed by atoms with Crippen molar-refractivity contribution in [1.82, 2.24) is 5.43 Å². The molecule has 0 unspecified atom stereocenters. The van der Waals surface area contributed by atoms with Crippen molar-refractivity contribution < 1.29 is 19.1 Å². The van der Waals surface area contributed by atoms with Gasteiger partial charge in [-0.3, -0.25) is 4.79 Å². The van der Waals surface area contributed by atoms with Gasteiger partial charge in [-0.2, -0.15) is 5.10 Å². The Morgan fingerprint density at radius 2 is 1.67 bits per heavy atom. The van der Waals surface area contributed by atoms with Gasteiger partial charge in [0.2, 0.25) is 0 Å². The highest BCUT2D eigenvalue weighted by molar-refractivity contribution is 6.42. The Morgan fingerprint density at radius 1 is 0.900 bits per heavy atom. The zero-order valence-corrected chi connectivity index (χ0v) is 17.3. The van der Waals surface area contributed by atoms with E-state index in [9.17, 15) is 9.59 Å². The molecule has 0 aliphatic rings. The number of benzene rings is 3. The van der Waals surface area contributed by atoms with Crippen LogP contribution in [0.2, 0.25) is 10.0 Å². The van der Waals surface area contributed by atoms with Crippen LogP contribution in [0, 0.1) is 0 Å². The third-order valence-corrected chi connectivity index (χ3v) is 4.70. The van der Waals surface area contributed by atoms with Crippen LogP contribution in [-0.2, 0) is 0 Å². The molecule has 6 nitrogen and oxygen atoms in total. The van der Waals surface area contributed by atoms with Crippen LogP contribution in [0.1, 0.15) is 26.3 Å². The number of hydrazone groups is 1. The molecule has 0 saturated heterocycles. The average Bonchev–Trinajstić information content (AvgIpc) is 2.77. The Bertz CT molecular complexity index is 1100. The van der Waals surface area contributed by atoms with Crippen LogP contribution < -0.4 is 14.9 Å². The second-order valence-corrected chi connectivity index (χ2v) is 6.81. The van der Waals surface area contributed by atoms with Crippen molar-refractivity contribution in [3.05, 3.63) is 93.5 Å². The van der Waals surface area contributed by atoms with Gasteiger partial charge in [0.25, 0.3) is 5.91 Å². The molecule has 0 radical (unpaired) electrons. The van der Waals surface area contributed by atoms with E-state index >= 15 is 0 Å². The Labute approximate surface area is 183 Å². The van der Waals surface area contributed by atoms with Crippen LogP contribution in [0.15, 0.2) is 71.8 Å². The highest BCUT2D eigenvalue weighted by Crippen LogP contribution is 2.29. The van der Waals surface area contributed by atoms with Gasteiger partial charge in [-0.25, -0.2) is 10.2 Å². The van der Waals surface area contributed by atoms with E-state index in [-0.39, 0.29) is 22.2 Å². The largest absolute Gasteiger partial charge is 0.493 e. The maximum atomic E-state index is 12.4. The van der Waals surface area contributed by atoms with Crippen molar-refractivity contribution in [2.75, 3.05) is 7.11 Å². The zero-order chi connectivity index (χ0) is 21.5. The molecule has 1 N–H and O–H groups in total. The first-order valence-corrected chi connectivity index (χ1v) is 9.47. The summed E-state index contributed by atoms with van der Waals surface area (Å²) in [4.78, 5) is 24.3. The minimum Gasteiger partial charge on any atom is -0.493 e. The number of nitrogens with zero attached hydrogens (tertiary/aromatic N) is 1. The Kier molecular flexibility index (Phi) is 7.06. The number of ether oxygens (including phenoxy) is 2. The molecule has 3 rings (SSSR count). The summed E-state index contributed by atoms with van der Waals surface area (Å²) >= 11 is 11.8. The van der Waals surface area contributed by atoms with Gasteiger partial charge in [0.05, 0.1) is 28.9 Å². The summed E-state index contributed by atoms with van der Waals surface area (Å²) in [5.41, 5.74) is 3.83. The summed E-state index contributed by atoms with van der Waals surface area (Å²) in [6.07, 6.45) is 1.45. The second-order valence-electron chi connectivity index (χ2n) is 5.99. The monoisotopic (exact) mass is 442 g/mol. The minimum absolute atomic E-state index is 0.221. The number of hydrogen-bond acceptors (Lipinski definition) is 5. The van der Waals surface area contributed by atoms with E-state index in [2.05, 4.69) is 10.5 Å². The number of methoxy groups -OCH3 is 1. The second kappa shape index (κ2) is 9.91. The normalized spacial score (nSPS) is 10.6. The summed E-state index contributed by atoms with van der Waals surface area (Å²) < 4.78 is 10.7. The molecular weight excluding hydrogens is 427 g/mol. The molecule has 3 aromatic rings. The summed E-state index contributed by atoms with van der Waals surface area (Å²) in [7, 11) is 1.45. The molecule has 152 valence electrons. The Hall–Kier alpha value is -3.35. The predicted molar refractivity (Wildman–Crippen MR) is 116 cm³/mol. The van der Waals surface area contributed by atoms with Crippen molar-refractivity contribution in [3.8, 4) is 11.5 Å². The molecular formula is C22H16Cl2N2O4. The van der Waals surface area contributed by atoms with Crippen LogP contribution in [-0.4, -0.2) is 25.2 Å². The van der Waals surface area contributed by atoms with Gasteiger partial charge in [-0.1, -0.05) is 41.4 Å². The van der Waals surface area contributed by atoms with Crippen molar-refractivity contribution in [2.45, 2.75) is 0 Å². The number of amides is 1. The molecule has 0 heterocycles. The van der Waals surface area contributed by atoms with Gasteiger partial charge in [0.1, 0.15) is 0 Å². The molecule has 0 bridgehead atoms. The van der Waals surface area contributed by atoms with Gasteiger partial charge >= 0.3 is 5.97 Å². The SMILES string of the molecule is COc1cc(/C=N\NC(=O)c2ccccc2)ccc1OC(=O)c1ccc(Cl)c(Cl)c1. The maximum absolute atomic E-state index is 12.4. The highest BCUT2D eigenvalue weighted by Gasteiger charge is 2.14. The van der Waals surface area contributed by atoms with E-state index in [0.29, 0.717) is 21.9 Å². The van der Waals surface area contributed by atoms with E-state index in [0.717, 1.165) is 0 Å². The molecule has 0 fully saturated rings. The number of esters is 1. The number of nitrogens with one attached hydrogen (secondary N) is 1. The standard InChI is InChI=1S/C22H16Cl2N2O4/c1-29-20-11-14(13-25-26-21(27)15-5-3-2-4-6-15)7-10-19(20)30-22(28)16-8-9-17(23)18(24)12-16/h2-13H,1H3,(H,26,27)/b25-13-. The third-order valence-electron chi connectivity index (χ3n) is 3.96. The summed E-state index contributed by atoms with van der Waals surface area (Å²) in [5, 5.41) is 4.53. The molecule has 0 aliphatic heterocycles. The first-order chi connectivity index (χ1) is 14.5. The molecule has 3 aromatic carbocycles. The zero-order valence-electron chi connectivity index (χ0n) is 15.8. The lowest BCUT2D eigenvalue weighted by atomic mass is 10.2. The third kappa shape index (κ3) is 5.37. The number of carbonyl (C=O) groups excluding carboxylic acids is 2. The lowest BCUT2D eigenvalue weighted by Gasteiger charge is -2.10. The van der Waals surface area contributed by atoms with Crippen LogP contribution in [0.4, 0.5) is 0 Å². The molecule has 0 saturated carbocycles. The molecule has 8 heteroatoms. The molecule has 0 aliphatic carbocycles. The van der Waals surface area contributed by atoms with Crippen LogP contribution >= 0.6 is 23.2 Å². The summed E-state index contributed by atoms with van der Waals surface area (Å²) in [6.45, 7) is 0. The fourth-order valence-electron chi connectivity index (χ4n) is 2.45. The van der Waals surface area contributed by atoms with Gasteiger partial charge < -0.3 is 9.47 Å². The fraction of sp³-hybridized carbons (Fsp3) is 0.0455. The van der Waals surface area contributed by atoms with E-state index in [4.69, 9.17) is 32.7 Å². The summed E-state index contributed by atoms with van der Waals surface area (Å²) in [5.74, 6) is -0.393. The van der Waals surface area contributed by atoms with E-state index in [1.165, 1.54) is 31.5 Å². The fourth-order valence-corrected chi connectivity index (χ4v) is 2.75. The van der Waals surface area contributed by atoms with Crippen molar-refractivity contribution in [2.24, 2.45) is 5.10 Å². The van der Waals surface area contributed by atoms with E-state index < -0.39 is 5.97 Å². The van der Waals surface area contributed by atoms with E-state index in [1.54, 1.807) is 42.5 Å². The average molecular weight is 443 g/mol. The van der Waals surface area contributed by atoms with Crippen LogP contribution in [0.5, 0.6) is 11.5 Å². The highest BCUT2D eigenvalue weighted by atomic mass is 35.5. The lowest BCUT2D eigenvalue weighted by Crippen LogP contribution is -2.17. The lowest BCUT2D eigenvalue weighted by molar-refractivity contribution is 0.0729. The topological polar surface area (TPSA) is 77.0 Å². The van der Waals surface area contributed by atoms with Crippen molar-refractivity contribution in [1.29, 1.82) is 0 Å². The van der Waals surface area contributed by atoms with Gasteiger partial charge in [-0.05, 0) is 54.1 Å². The first-order valence-electron chi connectivity index (χ1n) is 8.71. The minimum atomic E-state index is -0.608. The van der Waals surface area contributed by atoms with Gasteiger partial charge in [-0.15, -0.1) is 0 Å². The molecule has 0 aromatic heterocycles. The van der Waals surface area contributed by atoms with Crippen molar-refractivity contribution in [3.63, 3.8) is 0 Å². The van der Waals surface area contributed by atoms with Crippen LogP contribution in [0.25, 0.3) is 0 Å². The molecule has 1 amide bonds. The van der Waals surface area contributed by atoms with Gasteiger partial charge in [0, 0.05) is 5.56 Å². The number of rotatable bonds is 6. The molecule has 0 spiro atoms. The molecule has 30 heavy (non-hydrogen) atoms. The Balaban J connectivity index is 1.69. The van der Waals surface area contributed by atoms with Crippen LogP contribution in [0.3, 0.4) is 0 Å². The quantitative estimate of drug-likeness (QED) is 0.252. The Morgan fingerprint density at radius 3 is 2.37 bits per heavy atom. The number of halogens is 2. The first kappa shape index (κ1) is 21.4. The van der Waals surface area contributed by atoms with Gasteiger partial charge in [0.15, 0.2) is 11.5 Å². The van der Waals surface area contributed by atoms with E-state index in [1.807, 2.05) is 6.07 Å². The smallest absolute Gasteiger partial charge is 0.343 e.